The molecule has 2 N–H and O–H groups in total. The molecule has 2 aromatic rings. The quantitative estimate of drug-likeness (QED) is 0.466. The molecule has 0 radical (unpaired) electrons. The summed E-state index contributed by atoms with van der Waals surface area (Å²) in [5.41, 5.74) is 1.95. The second-order valence-corrected chi connectivity index (χ2v) is 5.39. The molecule has 6 heteroatoms. The normalized spacial score (nSPS) is 11.5. The van der Waals surface area contributed by atoms with Crippen molar-refractivity contribution < 1.29 is 4.39 Å². The average Bonchev–Trinajstić information content (AvgIpc) is 2.97. The first kappa shape index (κ1) is 17.0. The van der Waals surface area contributed by atoms with Gasteiger partial charge in [-0.05, 0) is 36.5 Å². The van der Waals surface area contributed by atoms with E-state index in [0.29, 0.717) is 18.5 Å². The lowest BCUT2D eigenvalue weighted by Gasteiger charge is -2.12. The van der Waals surface area contributed by atoms with Gasteiger partial charge in [0.05, 0.1) is 6.20 Å². The lowest BCUT2D eigenvalue weighted by molar-refractivity contribution is 0.606. The topological polar surface area (TPSA) is 54.2 Å². The van der Waals surface area contributed by atoms with Crippen LogP contribution in [0.4, 0.5) is 4.39 Å². The number of hydrogen-bond donors (Lipinski definition) is 2. The van der Waals surface area contributed by atoms with Gasteiger partial charge in [0.1, 0.15) is 5.82 Å². The minimum Gasteiger partial charge on any atom is -0.356 e. The van der Waals surface area contributed by atoms with Crippen LogP contribution in [0.15, 0.2) is 41.7 Å². The Morgan fingerprint density at radius 2 is 2.00 bits per heavy atom. The van der Waals surface area contributed by atoms with Crippen molar-refractivity contribution >= 4 is 5.96 Å². The SMILES string of the molecule is CN=C(NCCCc1cnn(C)c1)NCCc1ccccc1F. The van der Waals surface area contributed by atoms with Crippen LogP contribution in [-0.4, -0.2) is 35.9 Å². The van der Waals surface area contributed by atoms with E-state index in [1.54, 1.807) is 19.2 Å². The predicted octanol–water partition coefficient (Wildman–Crippen LogP) is 1.90. The number of nitrogens with one attached hydrogen (secondary N) is 2. The number of aryl methyl sites for hydroxylation is 2. The Hall–Kier alpha value is -2.37. The molecule has 124 valence electrons. The maximum absolute atomic E-state index is 13.5. The summed E-state index contributed by atoms with van der Waals surface area (Å²) in [5.74, 6) is 0.584. The van der Waals surface area contributed by atoms with Crippen molar-refractivity contribution in [1.82, 2.24) is 20.4 Å². The largest absolute Gasteiger partial charge is 0.356 e. The van der Waals surface area contributed by atoms with Crippen LogP contribution in [0.25, 0.3) is 0 Å². The Morgan fingerprint density at radius 1 is 1.22 bits per heavy atom. The van der Waals surface area contributed by atoms with E-state index in [-0.39, 0.29) is 5.82 Å². The third-order valence-corrected chi connectivity index (χ3v) is 3.56. The van der Waals surface area contributed by atoms with E-state index in [2.05, 4.69) is 20.7 Å². The zero-order valence-electron chi connectivity index (χ0n) is 13.7. The minimum absolute atomic E-state index is 0.159. The second-order valence-electron chi connectivity index (χ2n) is 5.39. The van der Waals surface area contributed by atoms with Crippen molar-refractivity contribution in [3.8, 4) is 0 Å². The van der Waals surface area contributed by atoms with Gasteiger partial charge in [0.2, 0.25) is 0 Å². The summed E-state index contributed by atoms with van der Waals surface area (Å²) in [7, 11) is 3.66. The third-order valence-electron chi connectivity index (χ3n) is 3.56. The van der Waals surface area contributed by atoms with Crippen molar-refractivity contribution in [2.45, 2.75) is 19.3 Å². The van der Waals surface area contributed by atoms with Crippen LogP contribution in [0, 0.1) is 5.82 Å². The highest BCUT2D eigenvalue weighted by Crippen LogP contribution is 2.06. The zero-order valence-corrected chi connectivity index (χ0v) is 13.7. The summed E-state index contributed by atoms with van der Waals surface area (Å²) in [6, 6.07) is 6.85. The number of guanidine groups is 1. The standard InChI is InChI=1S/C17H24FN5/c1-19-17(20-10-5-6-14-12-22-23(2)13-14)21-11-9-15-7-3-4-8-16(15)18/h3-4,7-8,12-13H,5-6,9-11H2,1-2H3,(H2,19,20,21). The molecule has 5 nitrogen and oxygen atoms in total. The molecule has 0 unspecified atom stereocenters. The molecular weight excluding hydrogens is 293 g/mol. The van der Waals surface area contributed by atoms with Crippen LogP contribution in [0.1, 0.15) is 17.5 Å². The van der Waals surface area contributed by atoms with Crippen LogP contribution >= 0.6 is 0 Å². The first-order valence-electron chi connectivity index (χ1n) is 7.84. The fourth-order valence-corrected chi connectivity index (χ4v) is 2.34. The van der Waals surface area contributed by atoms with Crippen LogP contribution in [0.2, 0.25) is 0 Å². The Morgan fingerprint density at radius 3 is 2.70 bits per heavy atom. The van der Waals surface area contributed by atoms with Gasteiger partial charge in [0.15, 0.2) is 5.96 Å². The van der Waals surface area contributed by atoms with Crippen molar-refractivity contribution in [2.24, 2.45) is 12.0 Å². The molecular formula is C17H24FN5. The van der Waals surface area contributed by atoms with Gasteiger partial charge in [-0.15, -0.1) is 0 Å². The molecule has 2 rings (SSSR count). The minimum atomic E-state index is -0.159. The molecule has 1 aromatic carbocycles. The van der Waals surface area contributed by atoms with E-state index in [4.69, 9.17) is 0 Å². The van der Waals surface area contributed by atoms with Crippen molar-refractivity contribution in [2.75, 3.05) is 20.1 Å². The number of aromatic nitrogens is 2. The Balaban J connectivity index is 1.64. The maximum atomic E-state index is 13.5. The van der Waals surface area contributed by atoms with Gasteiger partial charge in [-0.3, -0.25) is 9.67 Å². The summed E-state index contributed by atoms with van der Waals surface area (Å²) in [6.07, 6.45) is 6.53. The van der Waals surface area contributed by atoms with E-state index in [1.807, 2.05) is 30.2 Å². The molecule has 0 amide bonds. The number of nitrogens with zero attached hydrogens (tertiary/aromatic N) is 3. The fraction of sp³-hybridized carbons (Fsp3) is 0.412. The molecule has 0 aliphatic carbocycles. The molecule has 1 aromatic heterocycles. The first-order valence-corrected chi connectivity index (χ1v) is 7.84. The highest BCUT2D eigenvalue weighted by atomic mass is 19.1. The summed E-state index contributed by atoms with van der Waals surface area (Å²) >= 11 is 0. The highest BCUT2D eigenvalue weighted by Gasteiger charge is 2.02. The average molecular weight is 317 g/mol. The van der Waals surface area contributed by atoms with E-state index in [0.717, 1.165) is 25.3 Å². The van der Waals surface area contributed by atoms with Gasteiger partial charge in [0, 0.05) is 33.4 Å². The van der Waals surface area contributed by atoms with Crippen LogP contribution in [0.5, 0.6) is 0 Å². The summed E-state index contributed by atoms with van der Waals surface area (Å²) in [4.78, 5) is 4.17. The van der Waals surface area contributed by atoms with Crippen LogP contribution in [-0.2, 0) is 19.9 Å². The molecule has 0 aliphatic heterocycles. The zero-order chi connectivity index (χ0) is 16.5. The molecule has 0 saturated carbocycles. The number of aliphatic imine (C=N–C) groups is 1. The van der Waals surface area contributed by atoms with Gasteiger partial charge in [-0.2, -0.15) is 5.10 Å². The number of benzene rings is 1. The molecule has 0 saturated heterocycles. The monoisotopic (exact) mass is 317 g/mol. The lowest BCUT2D eigenvalue weighted by Crippen LogP contribution is -2.38. The van der Waals surface area contributed by atoms with Crippen molar-refractivity contribution in [3.05, 3.63) is 53.6 Å². The van der Waals surface area contributed by atoms with E-state index in [1.165, 1.54) is 11.6 Å². The second kappa shape index (κ2) is 8.92. The first-order chi connectivity index (χ1) is 11.2. The van der Waals surface area contributed by atoms with Crippen molar-refractivity contribution in [1.29, 1.82) is 0 Å². The smallest absolute Gasteiger partial charge is 0.190 e. The molecule has 0 aliphatic rings. The van der Waals surface area contributed by atoms with E-state index < -0.39 is 0 Å². The van der Waals surface area contributed by atoms with E-state index in [9.17, 15) is 4.39 Å². The summed E-state index contributed by atoms with van der Waals surface area (Å²) < 4.78 is 15.3. The predicted molar refractivity (Wildman–Crippen MR) is 91.0 cm³/mol. The molecule has 1 heterocycles. The van der Waals surface area contributed by atoms with Gasteiger partial charge in [-0.1, -0.05) is 18.2 Å². The van der Waals surface area contributed by atoms with Gasteiger partial charge in [0.25, 0.3) is 0 Å². The summed E-state index contributed by atoms with van der Waals surface area (Å²) in [5, 5.41) is 10.6. The van der Waals surface area contributed by atoms with Gasteiger partial charge < -0.3 is 10.6 Å². The lowest BCUT2D eigenvalue weighted by atomic mass is 10.1. The van der Waals surface area contributed by atoms with E-state index >= 15 is 0 Å². The number of halogens is 1. The Bertz CT molecular complexity index is 635. The third kappa shape index (κ3) is 5.73. The number of rotatable bonds is 7. The highest BCUT2D eigenvalue weighted by molar-refractivity contribution is 5.79. The maximum Gasteiger partial charge on any atom is 0.190 e. The molecule has 0 bridgehead atoms. The molecule has 0 spiro atoms. The Kier molecular flexibility index (Phi) is 6.59. The molecule has 0 fully saturated rings. The fourth-order valence-electron chi connectivity index (χ4n) is 2.34. The van der Waals surface area contributed by atoms with Gasteiger partial charge >= 0.3 is 0 Å². The Labute approximate surface area is 136 Å². The van der Waals surface area contributed by atoms with Crippen LogP contribution < -0.4 is 10.6 Å². The van der Waals surface area contributed by atoms with Crippen LogP contribution in [0.3, 0.4) is 0 Å². The number of hydrogen-bond acceptors (Lipinski definition) is 2. The molecule has 0 atom stereocenters. The van der Waals surface area contributed by atoms with Gasteiger partial charge in [-0.25, -0.2) is 4.39 Å². The molecule has 23 heavy (non-hydrogen) atoms. The summed E-state index contributed by atoms with van der Waals surface area (Å²) in [6.45, 7) is 1.47. The van der Waals surface area contributed by atoms with Crippen molar-refractivity contribution in [3.63, 3.8) is 0 Å².